The number of rotatable bonds is 11. The molecule has 0 aromatic heterocycles. The maximum Gasteiger partial charge on any atom is 0.306 e. The number of halogens is 1. The molecule has 0 spiro atoms. The first-order chi connectivity index (χ1) is 20.2. The van der Waals surface area contributed by atoms with Gasteiger partial charge in [0.25, 0.3) is 0 Å². The number of Topliss-reactive ketones (excluding diaryl/α,β-unsaturated/α-hetero) is 1. The van der Waals surface area contributed by atoms with Crippen molar-refractivity contribution in [1.82, 2.24) is 0 Å². The van der Waals surface area contributed by atoms with Crippen molar-refractivity contribution in [3.05, 3.63) is 23.8 Å². The van der Waals surface area contributed by atoms with Crippen LogP contribution in [-0.2, 0) is 38.2 Å². The maximum absolute atomic E-state index is 18.4. The molecule has 4 rings (SSSR count). The minimum Gasteiger partial charge on any atom is -0.459 e. The summed E-state index contributed by atoms with van der Waals surface area (Å²) in [5.74, 6) is -3.98. The van der Waals surface area contributed by atoms with Crippen molar-refractivity contribution in [2.45, 2.75) is 123 Å². The molecule has 0 aromatic carbocycles. The smallest absolute Gasteiger partial charge is 0.306 e. The lowest BCUT2D eigenvalue weighted by Crippen LogP contribution is -2.70. The number of ether oxygens (including phenoxy) is 3. The molecule has 43 heavy (non-hydrogen) atoms. The van der Waals surface area contributed by atoms with Crippen molar-refractivity contribution >= 4 is 29.5 Å². The van der Waals surface area contributed by atoms with Crippen LogP contribution in [0.2, 0.25) is 0 Å². The third-order valence-electron chi connectivity index (χ3n) is 11.0. The predicted octanol–water partition coefficient (Wildman–Crippen LogP) is 5.95. The van der Waals surface area contributed by atoms with E-state index in [2.05, 4.69) is 0 Å². The van der Waals surface area contributed by atoms with Gasteiger partial charge in [-0.15, -0.1) is 0 Å². The summed E-state index contributed by atoms with van der Waals surface area (Å²) in [7, 11) is 0. The molecular formula is C34H47FO8. The number of hydrogen-bond donors (Lipinski definition) is 0. The van der Waals surface area contributed by atoms with Crippen molar-refractivity contribution in [3.8, 4) is 0 Å². The van der Waals surface area contributed by atoms with Crippen LogP contribution in [0.5, 0.6) is 0 Å². The normalized spacial score (nSPS) is 37.8. The lowest BCUT2D eigenvalue weighted by atomic mass is 9.44. The van der Waals surface area contributed by atoms with Crippen LogP contribution in [-0.4, -0.2) is 53.5 Å². The van der Waals surface area contributed by atoms with E-state index in [-0.39, 0.29) is 31.5 Å². The van der Waals surface area contributed by atoms with Gasteiger partial charge in [0, 0.05) is 41.9 Å². The SMILES string of the molecule is CCCCCC(=O)OC1C[C@@]2(C)C(C[C@@H](C)[C@]2(OC(=O)CC)C(=O)COC(=O)CC)C2CCC3=CC(=O)C=C[C@]3(C)[C@@]12F. The highest BCUT2D eigenvalue weighted by Crippen LogP contribution is 2.72. The number of fused-ring (bicyclic) bond motifs is 5. The van der Waals surface area contributed by atoms with Crippen LogP contribution in [0.1, 0.15) is 106 Å². The molecule has 0 heterocycles. The maximum atomic E-state index is 18.4. The van der Waals surface area contributed by atoms with Crippen LogP contribution in [0.3, 0.4) is 0 Å². The monoisotopic (exact) mass is 602 g/mol. The van der Waals surface area contributed by atoms with Gasteiger partial charge in [-0.2, -0.15) is 0 Å². The number of ketones is 2. The summed E-state index contributed by atoms with van der Waals surface area (Å²) in [5.41, 5.74) is -5.42. The minimum atomic E-state index is -2.07. The van der Waals surface area contributed by atoms with E-state index in [1.807, 2.05) is 20.8 Å². The summed E-state index contributed by atoms with van der Waals surface area (Å²) < 4.78 is 35.8. The van der Waals surface area contributed by atoms with Crippen LogP contribution in [0, 0.1) is 28.6 Å². The predicted molar refractivity (Wildman–Crippen MR) is 156 cm³/mol. The second-order valence-electron chi connectivity index (χ2n) is 13.3. The molecule has 0 amide bonds. The summed E-state index contributed by atoms with van der Waals surface area (Å²) in [4.78, 5) is 64.7. The van der Waals surface area contributed by atoms with Gasteiger partial charge in [-0.05, 0) is 57.1 Å². The molecule has 8 atom stereocenters. The number of allylic oxidation sites excluding steroid dienone is 4. The Morgan fingerprint density at radius 2 is 1.70 bits per heavy atom. The number of unbranched alkanes of at least 4 members (excludes halogenated alkanes) is 2. The highest BCUT2D eigenvalue weighted by atomic mass is 19.1. The average molecular weight is 603 g/mol. The van der Waals surface area contributed by atoms with Gasteiger partial charge in [0.2, 0.25) is 5.78 Å². The van der Waals surface area contributed by atoms with Crippen LogP contribution < -0.4 is 0 Å². The minimum absolute atomic E-state index is 0.0224. The largest absolute Gasteiger partial charge is 0.459 e. The van der Waals surface area contributed by atoms with E-state index in [0.29, 0.717) is 31.3 Å². The summed E-state index contributed by atoms with van der Waals surface area (Å²) in [6.07, 6.45) is 7.01. The van der Waals surface area contributed by atoms with Crippen molar-refractivity contribution in [2.75, 3.05) is 6.61 Å². The van der Waals surface area contributed by atoms with Crippen molar-refractivity contribution in [2.24, 2.45) is 28.6 Å². The molecule has 9 heteroatoms. The average Bonchev–Trinajstić information content (AvgIpc) is 3.18. The van der Waals surface area contributed by atoms with Gasteiger partial charge in [0.05, 0.1) is 0 Å². The van der Waals surface area contributed by atoms with Gasteiger partial charge < -0.3 is 14.2 Å². The lowest BCUT2D eigenvalue weighted by molar-refractivity contribution is -0.236. The zero-order chi connectivity index (χ0) is 31.8. The Morgan fingerprint density at radius 3 is 2.35 bits per heavy atom. The summed E-state index contributed by atoms with van der Waals surface area (Å²) in [5, 5.41) is 0. The van der Waals surface area contributed by atoms with Gasteiger partial charge in [-0.3, -0.25) is 24.0 Å². The molecule has 4 aliphatic rings. The standard InChI is InChI=1S/C34H47FO8/c1-7-10-11-12-30(40)42-27-19-32(6)25(24-14-13-22-18-23(36)15-16-31(22,5)33(24,27)35)17-21(4)34(32,43-29(39)9-3)26(37)20-41-28(38)8-2/h15-16,18,21,24-25,27H,7-14,17,19-20H2,1-6H3/t21-,24?,25?,27?,31+,32+,33+,34+/m1/s1. The fourth-order valence-corrected chi connectivity index (χ4v) is 8.83. The molecule has 0 radical (unpaired) electrons. The van der Waals surface area contributed by atoms with E-state index < -0.39 is 76.3 Å². The second kappa shape index (κ2) is 12.3. The molecular weight excluding hydrogens is 555 g/mol. The molecule has 0 N–H and O–H groups in total. The third-order valence-corrected chi connectivity index (χ3v) is 11.0. The molecule has 4 aliphatic carbocycles. The van der Waals surface area contributed by atoms with Crippen molar-refractivity contribution < 1.29 is 42.6 Å². The van der Waals surface area contributed by atoms with Crippen LogP contribution >= 0.6 is 0 Å². The van der Waals surface area contributed by atoms with Gasteiger partial charge in [-0.25, -0.2) is 4.39 Å². The third kappa shape index (κ3) is 5.18. The van der Waals surface area contributed by atoms with Gasteiger partial charge in [-0.1, -0.05) is 59.1 Å². The zero-order valence-electron chi connectivity index (χ0n) is 26.5. The van der Waals surface area contributed by atoms with Crippen molar-refractivity contribution in [3.63, 3.8) is 0 Å². The van der Waals surface area contributed by atoms with E-state index >= 15 is 4.39 Å². The zero-order valence-corrected chi connectivity index (χ0v) is 26.5. The van der Waals surface area contributed by atoms with Crippen molar-refractivity contribution in [1.29, 1.82) is 0 Å². The Hall–Kier alpha value is -2.84. The van der Waals surface area contributed by atoms with E-state index in [4.69, 9.17) is 14.2 Å². The van der Waals surface area contributed by atoms with E-state index in [0.717, 1.165) is 12.8 Å². The molecule has 3 fully saturated rings. The number of hydrogen-bond acceptors (Lipinski definition) is 8. The molecule has 238 valence electrons. The highest BCUT2D eigenvalue weighted by Gasteiger charge is 2.78. The Labute approximate surface area is 254 Å². The first-order valence-corrected chi connectivity index (χ1v) is 16.0. The topological polar surface area (TPSA) is 113 Å². The first-order valence-electron chi connectivity index (χ1n) is 16.0. The Bertz CT molecular complexity index is 1220. The van der Waals surface area contributed by atoms with Crippen LogP contribution in [0.4, 0.5) is 4.39 Å². The Balaban J connectivity index is 1.85. The lowest BCUT2D eigenvalue weighted by Gasteiger charge is -2.63. The van der Waals surface area contributed by atoms with E-state index in [1.165, 1.54) is 12.2 Å². The Kier molecular flexibility index (Phi) is 9.44. The van der Waals surface area contributed by atoms with Gasteiger partial charge in [0.1, 0.15) is 6.10 Å². The second-order valence-corrected chi connectivity index (χ2v) is 13.3. The summed E-state index contributed by atoms with van der Waals surface area (Å²) in [6, 6.07) is 0. The Morgan fingerprint density at radius 1 is 1.00 bits per heavy atom. The number of alkyl halides is 1. The summed E-state index contributed by atoms with van der Waals surface area (Å²) in [6.45, 7) is 10.1. The number of esters is 3. The van der Waals surface area contributed by atoms with Gasteiger partial charge in [0.15, 0.2) is 23.7 Å². The van der Waals surface area contributed by atoms with Crippen LogP contribution in [0.25, 0.3) is 0 Å². The molecule has 0 saturated heterocycles. The molecule has 3 unspecified atom stereocenters. The summed E-state index contributed by atoms with van der Waals surface area (Å²) >= 11 is 0. The van der Waals surface area contributed by atoms with Gasteiger partial charge >= 0.3 is 17.9 Å². The highest BCUT2D eigenvalue weighted by molar-refractivity contribution is 6.01. The molecule has 0 aliphatic heterocycles. The molecule has 0 aromatic rings. The molecule has 3 saturated carbocycles. The fourth-order valence-electron chi connectivity index (χ4n) is 8.83. The fraction of sp³-hybridized carbons (Fsp3) is 0.735. The number of carbonyl (C=O) groups excluding carboxylic acids is 5. The van der Waals surface area contributed by atoms with E-state index in [9.17, 15) is 24.0 Å². The van der Waals surface area contributed by atoms with E-state index in [1.54, 1.807) is 26.8 Å². The quantitative estimate of drug-likeness (QED) is 0.162. The van der Waals surface area contributed by atoms with Crippen LogP contribution in [0.15, 0.2) is 23.8 Å². The first kappa shape index (κ1) is 33.1. The number of carbonyl (C=O) groups is 5. The molecule has 0 bridgehead atoms. The molecule has 8 nitrogen and oxygen atoms in total.